The molecule has 0 amide bonds. The van der Waals surface area contributed by atoms with Gasteiger partial charge in [0.15, 0.2) is 0 Å². The minimum Gasteiger partial charge on any atom is -0.494 e. The normalized spacial score (nSPS) is 14.2. The van der Waals surface area contributed by atoms with Crippen molar-refractivity contribution in [3.8, 4) is 11.6 Å². The van der Waals surface area contributed by atoms with Crippen LogP contribution in [0.1, 0.15) is 30.5 Å². The minimum atomic E-state index is -0.689. The van der Waals surface area contributed by atoms with E-state index in [0.29, 0.717) is 5.69 Å². The van der Waals surface area contributed by atoms with E-state index in [2.05, 4.69) is 9.98 Å². The lowest BCUT2D eigenvalue weighted by Gasteiger charge is -2.11. The van der Waals surface area contributed by atoms with Crippen molar-refractivity contribution < 1.29 is 5.11 Å². The molecule has 3 aromatic rings. The molecule has 0 fully saturated rings. The van der Waals surface area contributed by atoms with Gasteiger partial charge in [-0.1, -0.05) is 37.3 Å². The molecule has 0 radical (unpaired) electrons. The molecule has 1 aromatic heterocycles. The first-order valence-electron chi connectivity index (χ1n) is 9.04. The maximum absolute atomic E-state index is 12.4. The van der Waals surface area contributed by atoms with E-state index < -0.39 is 17.1 Å². The molecule has 1 aliphatic heterocycles. The Kier molecular flexibility index (Phi) is 4.31. The van der Waals surface area contributed by atoms with Crippen molar-refractivity contribution in [1.29, 1.82) is 0 Å². The van der Waals surface area contributed by atoms with Crippen molar-refractivity contribution in [3.63, 3.8) is 0 Å². The Balaban J connectivity index is 1.91. The van der Waals surface area contributed by atoms with Gasteiger partial charge in [0.2, 0.25) is 5.88 Å². The molecular formula is C22H19N3O3. The van der Waals surface area contributed by atoms with Crippen LogP contribution in [-0.4, -0.2) is 20.4 Å². The fourth-order valence-corrected chi connectivity index (χ4v) is 3.35. The van der Waals surface area contributed by atoms with Gasteiger partial charge in [-0.3, -0.25) is 14.8 Å². The molecule has 1 aliphatic rings. The van der Waals surface area contributed by atoms with Gasteiger partial charge in [-0.05, 0) is 43.2 Å². The number of allylic oxidation sites excluding steroid dienone is 1. The van der Waals surface area contributed by atoms with E-state index in [1.165, 1.54) is 0 Å². The van der Waals surface area contributed by atoms with Gasteiger partial charge in [-0.15, -0.1) is 0 Å². The predicted molar refractivity (Wildman–Crippen MR) is 111 cm³/mol. The van der Waals surface area contributed by atoms with Crippen molar-refractivity contribution >= 4 is 23.0 Å². The number of para-hydroxylation sites is 1. The second-order valence-electron chi connectivity index (χ2n) is 6.62. The third-order valence-corrected chi connectivity index (χ3v) is 4.88. The number of hydrogen-bond acceptors (Lipinski definition) is 4. The fraction of sp³-hybridized carbons (Fsp3) is 0.136. The smallest absolute Gasteiger partial charge is 0.335 e. The minimum absolute atomic E-state index is 0.0143. The molecule has 0 aliphatic carbocycles. The van der Waals surface area contributed by atoms with Crippen LogP contribution in [0.25, 0.3) is 17.3 Å². The summed E-state index contributed by atoms with van der Waals surface area (Å²) in [6, 6.07) is 14.8. The Morgan fingerprint density at radius 2 is 1.82 bits per heavy atom. The number of aromatic hydroxyl groups is 1. The topological polar surface area (TPSA) is 87.4 Å². The quantitative estimate of drug-likeness (QED) is 0.737. The van der Waals surface area contributed by atoms with Gasteiger partial charge < -0.3 is 5.11 Å². The van der Waals surface area contributed by atoms with Gasteiger partial charge in [-0.2, -0.15) is 0 Å². The molecule has 0 atom stereocenters. The van der Waals surface area contributed by atoms with Gasteiger partial charge in [0.1, 0.15) is 5.56 Å². The summed E-state index contributed by atoms with van der Waals surface area (Å²) in [6.45, 7) is 3.88. The van der Waals surface area contributed by atoms with E-state index in [9.17, 15) is 14.7 Å². The number of aryl methyl sites for hydroxylation is 1. The number of aliphatic imine (C=N–C) groups is 1. The first-order valence-corrected chi connectivity index (χ1v) is 9.04. The fourth-order valence-electron chi connectivity index (χ4n) is 3.35. The van der Waals surface area contributed by atoms with Gasteiger partial charge in [0.25, 0.3) is 5.56 Å². The van der Waals surface area contributed by atoms with Crippen LogP contribution in [0.15, 0.2) is 63.1 Å². The summed E-state index contributed by atoms with van der Waals surface area (Å²) in [7, 11) is 0. The summed E-state index contributed by atoms with van der Waals surface area (Å²) < 4.78 is 1.10. The van der Waals surface area contributed by atoms with E-state index in [4.69, 9.17) is 0 Å². The lowest BCUT2D eigenvalue weighted by Crippen LogP contribution is -2.30. The third kappa shape index (κ3) is 2.89. The zero-order valence-corrected chi connectivity index (χ0v) is 15.6. The number of rotatable bonds is 3. The Bertz CT molecular complexity index is 1250. The number of nitrogens with zero attached hydrogens (tertiary/aromatic N) is 2. The summed E-state index contributed by atoms with van der Waals surface area (Å²) in [4.78, 5) is 31.6. The highest BCUT2D eigenvalue weighted by Crippen LogP contribution is 2.36. The van der Waals surface area contributed by atoms with Crippen LogP contribution in [0.2, 0.25) is 0 Å². The second-order valence-corrected chi connectivity index (χ2v) is 6.62. The number of aromatic nitrogens is 2. The van der Waals surface area contributed by atoms with Crippen LogP contribution in [0.3, 0.4) is 0 Å². The first kappa shape index (κ1) is 17.7. The zero-order chi connectivity index (χ0) is 19.8. The summed E-state index contributed by atoms with van der Waals surface area (Å²) in [5, 5.41) is 10.8. The van der Waals surface area contributed by atoms with Crippen molar-refractivity contribution in [2.45, 2.75) is 20.3 Å². The van der Waals surface area contributed by atoms with Gasteiger partial charge in [-0.25, -0.2) is 9.36 Å². The average molecular weight is 373 g/mol. The molecule has 28 heavy (non-hydrogen) atoms. The molecule has 4 rings (SSSR count). The Labute approximate surface area is 161 Å². The molecule has 6 heteroatoms. The van der Waals surface area contributed by atoms with Crippen molar-refractivity contribution in [1.82, 2.24) is 9.55 Å². The van der Waals surface area contributed by atoms with Gasteiger partial charge in [0, 0.05) is 16.8 Å². The molecule has 2 heterocycles. The van der Waals surface area contributed by atoms with Gasteiger partial charge in [0.05, 0.1) is 11.4 Å². The van der Waals surface area contributed by atoms with Crippen LogP contribution >= 0.6 is 0 Å². The number of fused-ring (bicyclic) bond motifs is 1. The Hall–Kier alpha value is -3.67. The molecule has 2 aromatic carbocycles. The molecule has 6 nitrogen and oxygen atoms in total. The van der Waals surface area contributed by atoms with Crippen LogP contribution in [0.5, 0.6) is 5.88 Å². The van der Waals surface area contributed by atoms with Crippen LogP contribution < -0.4 is 11.2 Å². The first-order chi connectivity index (χ1) is 13.5. The molecular weight excluding hydrogens is 354 g/mol. The monoisotopic (exact) mass is 373 g/mol. The van der Waals surface area contributed by atoms with Crippen molar-refractivity contribution in [2.75, 3.05) is 0 Å². The number of aromatic amines is 1. The Morgan fingerprint density at radius 3 is 2.54 bits per heavy atom. The molecule has 140 valence electrons. The summed E-state index contributed by atoms with van der Waals surface area (Å²) in [5.74, 6) is -0.400. The van der Waals surface area contributed by atoms with E-state index in [-0.39, 0.29) is 5.56 Å². The van der Waals surface area contributed by atoms with E-state index in [1.807, 2.05) is 50.2 Å². The maximum atomic E-state index is 12.4. The summed E-state index contributed by atoms with van der Waals surface area (Å²) in [5.41, 5.74) is 3.44. The van der Waals surface area contributed by atoms with Crippen LogP contribution in [-0.2, 0) is 6.42 Å². The predicted octanol–water partition coefficient (Wildman–Crippen LogP) is 3.44. The second kappa shape index (κ2) is 6.81. The lowest BCUT2D eigenvalue weighted by atomic mass is 10.0. The zero-order valence-electron chi connectivity index (χ0n) is 15.6. The lowest BCUT2D eigenvalue weighted by molar-refractivity contribution is 0.429. The molecule has 2 N–H and O–H groups in total. The molecule has 0 saturated heterocycles. The summed E-state index contributed by atoms with van der Waals surface area (Å²) >= 11 is 0. The SMILES string of the molecule is CCc1ccc(-n2c(O)c(C=C3C(C)=Nc4ccccc43)c(=O)[nH]c2=O)cc1. The van der Waals surface area contributed by atoms with Crippen molar-refractivity contribution in [2.24, 2.45) is 4.99 Å². The highest BCUT2D eigenvalue weighted by molar-refractivity contribution is 6.31. The standard InChI is InChI=1S/C22H19N3O3/c1-3-14-8-10-15(11-9-14)25-21(27)18(20(26)24-22(25)28)12-17-13(2)23-19-7-5-4-6-16(17)19/h4-12,27H,3H2,1-2H3,(H,24,26,28). The number of benzene rings is 2. The average Bonchev–Trinajstić information content (AvgIpc) is 3.00. The number of H-pyrrole nitrogens is 1. The van der Waals surface area contributed by atoms with E-state index in [1.54, 1.807) is 18.2 Å². The van der Waals surface area contributed by atoms with Crippen LogP contribution in [0.4, 0.5) is 5.69 Å². The molecule has 0 unspecified atom stereocenters. The third-order valence-electron chi connectivity index (χ3n) is 4.88. The number of hydrogen-bond donors (Lipinski definition) is 2. The van der Waals surface area contributed by atoms with Gasteiger partial charge >= 0.3 is 5.69 Å². The number of nitrogens with one attached hydrogen (secondary N) is 1. The molecule has 0 bridgehead atoms. The highest BCUT2D eigenvalue weighted by Gasteiger charge is 2.20. The maximum Gasteiger partial charge on any atom is 0.335 e. The summed E-state index contributed by atoms with van der Waals surface area (Å²) in [6.07, 6.45) is 2.44. The van der Waals surface area contributed by atoms with E-state index in [0.717, 1.165) is 39.1 Å². The largest absolute Gasteiger partial charge is 0.494 e. The highest BCUT2D eigenvalue weighted by atomic mass is 16.3. The van der Waals surface area contributed by atoms with Crippen LogP contribution in [0, 0.1) is 0 Å². The van der Waals surface area contributed by atoms with Crippen molar-refractivity contribution in [3.05, 3.63) is 86.1 Å². The molecule has 0 saturated carbocycles. The van der Waals surface area contributed by atoms with E-state index >= 15 is 0 Å². The molecule has 0 spiro atoms. The Morgan fingerprint density at radius 1 is 1.11 bits per heavy atom.